The summed E-state index contributed by atoms with van der Waals surface area (Å²) in [5.41, 5.74) is -1.51. The summed E-state index contributed by atoms with van der Waals surface area (Å²) in [4.78, 5) is 7.97. The Hall–Kier alpha value is -2.53. The molecular formula is C18H24ClF3N6O2. The van der Waals surface area contributed by atoms with Crippen molar-refractivity contribution in [3.05, 3.63) is 40.8 Å². The van der Waals surface area contributed by atoms with Gasteiger partial charge in [0.15, 0.2) is 5.96 Å². The third kappa shape index (κ3) is 6.77. The minimum Gasteiger partial charge on any atom is -0.475 e. The first kappa shape index (κ1) is 23.7. The fourth-order valence-electron chi connectivity index (χ4n) is 2.37. The van der Waals surface area contributed by atoms with Gasteiger partial charge in [-0.15, -0.1) is 0 Å². The highest BCUT2D eigenvalue weighted by Gasteiger charge is 2.31. The van der Waals surface area contributed by atoms with E-state index in [0.29, 0.717) is 24.3 Å². The Kier molecular flexibility index (Phi) is 7.90. The van der Waals surface area contributed by atoms with E-state index in [9.17, 15) is 18.3 Å². The van der Waals surface area contributed by atoms with Crippen LogP contribution in [0, 0.1) is 0 Å². The number of aliphatic imine (C=N–C) groups is 1. The van der Waals surface area contributed by atoms with Crippen LogP contribution in [0.4, 0.5) is 13.2 Å². The van der Waals surface area contributed by atoms with Gasteiger partial charge in [-0.3, -0.25) is 4.68 Å². The van der Waals surface area contributed by atoms with Crippen molar-refractivity contribution in [2.75, 3.05) is 26.2 Å². The molecule has 0 aliphatic carbocycles. The molecule has 0 radical (unpaired) electrons. The van der Waals surface area contributed by atoms with E-state index in [1.54, 1.807) is 31.0 Å². The molecule has 2 aromatic heterocycles. The minimum absolute atomic E-state index is 0.0845. The van der Waals surface area contributed by atoms with Gasteiger partial charge in [0.05, 0.1) is 24.8 Å². The molecule has 2 heterocycles. The van der Waals surface area contributed by atoms with Crippen LogP contribution in [-0.4, -0.2) is 52.1 Å². The van der Waals surface area contributed by atoms with Crippen molar-refractivity contribution in [1.29, 1.82) is 0 Å². The van der Waals surface area contributed by atoms with Gasteiger partial charge in [-0.25, -0.2) is 9.98 Å². The molecule has 12 heteroatoms. The number of alkyl halides is 3. The number of aryl methyl sites for hydroxylation is 1. The zero-order chi connectivity index (χ0) is 22.4. The first-order chi connectivity index (χ1) is 14.0. The average molecular weight is 449 g/mol. The lowest BCUT2D eigenvalue weighted by Crippen LogP contribution is -2.40. The topological polar surface area (TPSA) is 96.6 Å². The maximum atomic E-state index is 12.6. The molecule has 0 aliphatic rings. The molecule has 1 unspecified atom stereocenters. The van der Waals surface area contributed by atoms with E-state index in [0.717, 1.165) is 6.07 Å². The standard InChI is InChI=1S/C18H24ClF3N6O2/c1-4-23-16(26-11-17(2,29)13-9-27-28(3)10-13)24-5-6-30-15-14(19)7-12(8-25-15)18(20,21)22/h7-10,29H,4-6,11H2,1-3H3,(H2,23,24,26). The van der Waals surface area contributed by atoms with E-state index >= 15 is 0 Å². The molecule has 0 saturated carbocycles. The van der Waals surface area contributed by atoms with Gasteiger partial charge in [-0.05, 0) is 19.9 Å². The number of guanidine groups is 1. The van der Waals surface area contributed by atoms with Crippen molar-refractivity contribution in [3.8, 4) is 5.88 Å². The van der Waals surface area contributed by atoms with Gasteiger partial charge in [-0.2, -0.15) is 18.3 Å². The van der Waals surface area contributed by atoms with Crippen LogP contribution >= 0.6 is 11.6 Å². The molecule has 0 saturated heterocycles. The number of aliphatic hydroxyl groups is 1. The lowest BCUT2D eigenvalue weighted by molar-refractivity contribution is -0.137. The molecule has 0 spiro atoms. The van der Waals surface area contributed by atoms with Crippen LogP contribution in [0.1, 0.15) is 25.0 Å². The highest BCUT2D eigenvalue weighted by molar-refractivity contribution is 6.31. The predicted molar refractivity (Wildman–Crippen MR) is 107 cm³/mol. The predicted octanol–water partition coefficient (Wildman–Crippen LogP) is 2.33. The van der Waals surface area contributed by atoms with Gasteiger partial charge in [0.2, 0.25) is 5.88 Å². The number of halogens is 4. The van der Waals surface area contributed by atoms with Crippen molar-refractivity contribution >= 4 is 17.6 Å². The fraction of sp³-hybridized carbons (Fsp3) is 0.500. The maximum Gasteiger partial charge on any atom is 0.417 e. The van der Waals surface area contributed by atoms with Crippen LogP contribution in [0.5, 0.6) is 5.88 Å². The van der Waals surface area contributed by atoms with Gasteiger partial charge < -0.3 is 20.5 Å². The summed E-state index contributed by atoms with van der Waals surface area (Å²) in [5.74, 6) is 0.352. The second-order valence-corrected chi connectivity index (χ2v) is 7.06. The lowest BCUT2D eigenvalue weighted by Gasteiger charge is -2.20. The Balaban J connectivity index is 1.90. The van der Waals surface area contributed by atoms with Crippen molar-refractivity contribution in [2.45, 2.75) is 25.6 Å². The summed E-state index contributed by atoms with van der Waals surface area (Å²) < 4.78 is 44.9. The summed E-state index contributed by atoms with van der Waals surface area (Å²) in [7, 11) is 1.76. The van der Waals surface area contributed by atoms with Crippen LogP contribution in [-0.2, 0) is 18.8 Å². The van der Waals surface area contributed by atoms with Crippen molar-refractivity contribution in [1.82, 2.24) is 25.4 Å². The minimum atomic E-state index is -4.52. The Bertz CT molecular complexity index is 870. The van der Waals surface area contributed by atoms with Gasteiger partial charge in [0.25, 0.3) is 0 Å². The van der Waals surface area contributed by atoms with Crippen molar-refractivity contribution in [3.63, 3.8) is 0 Å². The molecule has 3 N–H and O–H groups in total. The number of nitrogens with one attached hydrogen (secondary N) is 2. The number of rotatable bonds is 8. The van der Waals surface area contributed by atoms with Gasteiger partial charge >= 0.3 is 6.18 Å². The summed E-state index contributed by atoms with van der Waals surface area (Å²) in [6.07, 6.45) is -0.569. The quantitative estimate of drug-likeness (QED) is 0.326. The van der Waals surface area contributed by atoms with E-state index < -0.39 is 17.3 Å². The van der Waals surface area contributed by atoms with E-state index in [-0.39, 0.29) is 30.6 Å². The Morgan fingerprint density at radius 1 is 1.30 bits per heavy atom. The zero-order valence-electron chi connectivity index (χ0n) is 16.8. The van der Waals surface area contributed by atoms with Crippen molar-refractivity contribution < 1.29 is 23.0 Å². The maximum absolute atomic E-state index is 12.6. The molecule has 8 nitrogen and oxygen atoms in total. The van der Waals surface area contributed by atoms with Crippen LogP contribution in [0.3, 0.4) is 0 Å². The Labute approximate surface area is 177 Å². The molecular weight excluding hydrogens is 425 g/mol. The molecule has 2 rings (SSSR count). The third-order valence-electron chi connectivity index (χ3n) is 3.98. The zero-order valence-corrected chi connectivity index (χ0v) is 17.5. The van der Waals surface area contributed by atoms with Crippen LogP contribution < -0.4 is 15.4 Å². The lowest BCUT2D eigenvalue weighted by atomic mass is 10.0. The smallest absolute Gasteiger partial charge is 0.417 e. The summed E-state index contributed by atoms with van der Waals surface area (Å²) in [6, 6.07) is 0.767. The number of ether oxygens (including phenoxy) is 1. The van der Waals surface area contributed by atoms with Crippen LogP contribution in [0.15, 0.2) is 29.6 Å². The monoisotopic (exact) mass is 448 g/mol. The molecule has 166 valence electrons. The third-order valence-corrected chi connectivity index (χ3v) is 4.25. The summed E-state index contributed by atoms with van der Waals surface area (Å²) in [5, 5.41) is 20.5. The molecule has 0 aromatic carbocycles. The number of pyridine rings is 1. The number of hydrogen-bond donors (Lipinski definition) is 3. The van der Waals surface area contributed by atoms with Gasteiger partial charge in [0, 0.05) is 31.5 Å². The highest BCUT2D eigenvalue weighted by atomic mass is 35.5. The van der Waals surface area contributed by atoms with E-state index in [1.807, 2.05) is 6.92 Å². The second-order valence-electron chi connectivity index (χ2n) is 6.66. The van der Waals surface area contributed by atoms with E-state index in [1.165, 1.54) is 0 Å². The molecule has 0 amide bonds. The molecule has 1 atom stereocenters. The van der Waals surface area contributed by atoms with Crippen molar-refractivity contribution in [2.24, 2.45) is 12.0 Å². The Morgan fingerprint density at radius 2 is 2.03 bits per heavy atom. The highest BCUT2D eigenvalue weighted by Crippen LogP contribution is 2.33. The summed E-state index contributed by atoms with van der Waals surface area (Å²) >= 11 is 5.81. The van der Waals surface area contributed by atoms with E-state index in [4.69, 9.17) is 16.3 Å². The molecule has 0 fully saturated rings. The first-order valence-corrected chi connectivity index (χ1v) is 9.50. The molecule has 2 aromatic rings. The fourth-order valence-corrected chi connectivity index (χ4v) is 2.59. The SMILES string of the molecule is CCNC(=NCC(C)(O)c1cnn(C)c1)NCCOc1ncc(C(F)(F)F)cc1Cl. The second kappa shape index (κ2) is 9.98. The number of hydrogen-bond acceptors (Lipinski definition) is 5. The average Bonchev–Trinajstić information content (AvgIpc) is 3.10. The molecule has 0 bridgehead atoms. The normalized spacial score (nSPS) is 14.3. The first-order valence-electron chi connectivity index (χ1n) is 9.12. The summed E-state index contributed by atoms with van der Waals surface area (Å²) in [6.45, 7) is 4.56. The van der Waals surface area contributed by atoms with E-state index in [2.05, 4.69) is 25.7 Å². The van der Waals surface area contributed by atoms with Crippen LogP contribution in [0.2, 0.25) is 5.02 Å². The molecule has 0 aliphatic heterocycles. The molecule has 30 heavy (non-hydrogen) atoms. The largest absolute Gasteiger partial charge is 0.475 e. The number of aromatic nitrogens is 3. The number of nitrogens with zero attached hydrogens (tertiary/aromatic N) is 4. The van der Waals surface area contributed by atoms with Crippen LogP contribution in [0.25, 0.3) is 0 Å². The van der Waals surface area contributed by atoms with Gasteiger partial charge in [0.1, 0.15) is 17.2 Å². The Morgan fingerprint density at radius 3 is 2.60 bits per heavy atom. The van der Waals surface area contributed by atoms with Gasteiger partial charge in [-0.1, -0.05) is 11.6 Å².